The summed E-state index contributed by atoms with van der Waals surface area (Å²) in [5, 5.41) is 2.59. The molecule has 1 N–H and O–H groups in total. The predicted octanol–water partition coefficient (Wildman–Crippen LogP) is 2.75. The molecule has 0 fully saturated rings. The minimum absolute atomic E-state index is 0.0114. The molecular weight excluding hydrogens is 352 g/mol. The van der Waals surface area contributed by atoms with E-state index in [1.807, 2.05) is 0 Å². The summed E-state index contributed by atoms with van der Waals surface area (Å²) in [4.78, 5) is 37.7. The highest BCUT2D eigenvalue weighted by Crippen LogP contribution is 2.28. The van der Waals surface area contributed by atoms with Gasteiger partial charge in [0.15, 0.2) is 0 Å². The third-order valence-electron chi connectivity index (χ3n) is 3.54. The molecular formula is C19H20N2O6. The molecule has 0 bridgehead atoms. The molecule has 1 aromatic carbocycles. The lowest BCUT2D eigenvalue weighted by Gasteiger charge is -2.23. The van der Waals surface area contributed by atoms with Crippen LogP contribution in [0.2, 0.25) is 0 Å². The van der Waals surface area contributed by atoms with Crippen molar-refractivity contribution in [3.05, 3.63) is 60.0 Å². The summed E-state index contributed by atoms with van der Waals surface area (Å²) < 4.78 is 14.5. The van der Waals surface area contributed by atoms with E-state index in [0.717, 1.165) is 0 Å². The van der Waals surface area contributed by atoms with Gasteiger partial charge in [-0.3, -0.25) is 5.32 Å². The zero-order chi connectivity index (χ0) is 19.8. The van der Waals surface area contributed by atoms with Crippen molar-refractivity contribution in [3.63, 3.8) is 0 Å². The number of allylic oxidation sites excluding steroid dienone is 2. The van der Waals surface area contributed by atoms with Crippen LogP contribution < -0.4 is 10.2 Å². The average Bonchev–Trinajstić information content (AvgIpc) is 2.90. The molecule has 1 amide bonds. The number of anilines is 2. The number of ether oxygens (including phenoxy) is 3. The van der Waals surface area contributed by atoms with Crippen LogP contribution in [0.3, 0.4) is 0 Å². The highest BCUT2D eigenvalue weighted by Gasteiger charge is 2.27. The quantitative estimate of drug-likeness (QED) is 0.627. The molecule has 0 spiro atoms. The number of esters is 2. The number of benzene rings is 1. The second kappa shape index (κ2) is 9.23. The van der Waals surface area contributed by atoms with Gasteiger partial charge >= 0.3 is 18.0 Å². The molecule has 1 heterocycles. The third-order valence-corrected chi connectivity index (χ3v) is 3.54. The molecule has 1 aromatic rings. The maximum absolute atomic E-state index is 12.4. The summed E-state index contributed by atoms with van der Waals surface area (Å²) in [7, 11) is 2.45. The normalized spacial score (nSPS) is 13.1. The fraction of sp³-hybridized carbons (Fsp3) is 0.211. The standard InChI is InChI=1S/C19H20N2O6/c1-4-27-19(24)20-13-8-7-9-14(12-13)21-11-6-5-10-15(17(22)25-2)16(21)18(23)26-3/h5-12H,4H2,1-3H3,(H,20,24). The number of carbonyl (C=O) groups excluding carboxylic acids is 3. The number of methoxy groups -OCH3 is 2. The topological polar surface area (TPSA) is 94.2 Å². The first kappa shape index (κ1) is 19.8. The van der Waals surface area contributed by atoms with E-state index in [1.54, 1.807) is 49.5 Å². The van der Waals surface area contributed by atoms with Gasteiger partial charge in [0.1, 0.15) is 5.70 Å². The number of hydrogen-bond acceptors (Lipinski definition) is 7. The van der Waals surface area contributed by atoms with Crippen molar-refractivity contribution in [1.29, 1.82) is 0 Å². The molecule has 0 radical (unpaired) electrons. The van der Waals surface area contributed by atoms with Gasteiger partial charge in [0.2, 0.25) is 0 Å². The first-order valence-electron chi connectivity index (χ1n) is 8.10. The summed E-state index contributed by atoms with van der Waals surface area (Å²) >= 11 is 0. The van der Waals surface area contributed by atoms with Gasteiger partial charge in [-0.05, 0) is 37.3 Å². The zero-order valence-corrected chi connectivity index (χ0v) is 15.2. The maximum Gasteiger partial charge on any atom is 0.411 e. The second-order valence-corrected chi connectivity index (χ2v) is 5.21. The molecule has 2 rings (SSSR count). The smallest absolute Gasteiger partial charge is 0.411 e. The van der Waals surface area contributed by atoms with E-state index in [-0.39, 0.29) is 17.9 Å². The van der Waals surface area contributed by atoms with Crippen molar-refractivity contribution < 1.29 is 28.6 Å². The third kappa shape index (κ3) is 4.75. The van der Waals surface area contributed by atoms with Crippen LogP contribution in [0.5, 0.6) is 0 Å². The van der Waals surface area contributed by atoms with Crippen molar-refractivity contribution in [2.75, 3.05) is 31.0 Å². The monoisotopic (exact) mass is 372 g/mol. The van der Waals surface area contributed by atoms with E-state index in [1.165, 1.54) is 25.2 Å². The number of hydrogen-bond donors (Lipinski definition) is 1. The maximum atomic E-state index is 12.4. The second-order valence-electron chi connectivity index (χ2n) is 5.21. The molecule has 27 heavy (non-hydrogen) atoms. The highest BCUT2D eigenvalue weighted by atomic mass is 16.5. The summed E-state index contributed by atoms with van der Waals surface area (Å²) in [6.45, 7) is 1.94. The molecule has 142 valence electrons. The molecule has 0 atom stereocenters. The van der Waals surface area contributed by atoms with E-state index in [4.69, 9.17) is 14.2 Å². The zero-order valence-electron chi connectivity index (χ0n) is 15.2. The summed E-state index contributed by atoms with van der Waals surface area (Å²) in [5.41, 5.74) is 1.01. The molecule has 0 aliphatic carbocycles. The Balaban J connectivity index is 2.49. The molecule has 8 heteroatoms. The van der Waals surface area contributed by atoms with Crippen molar-refractivity contribution in [3.8, 4) is 0 Å². The molecule has 0 aromatic heterocycles. The molecule has 0 saturated heterocycles. The summed E-state index contributed by atoms with van der Waals surface area (Å²) in [6.07, 6.45) is 5.74. The van der Waals surface area contributed by atoms with Gasteiger partial charge < -0.3 is 19.1 Å². The molecule has 0 saturated carbocycles. The Labute approximate surface area is 156 Å². The van der Waals surface area contributed by atoms with Crippen LogP contribution in [-0.4, -0.2) is 38.9 Å². The van der Waals surface area contributed by atoms with Crippen LogP contribution in [0.15, 0.2) is 60.0 Å². The highest BCUT2D eigenvalue weighted by molar-refractivity contribution is 6.05. The van der Waals surface area contributed by atoms with E-state index in [9.17, 15) is 14.4 Å². The molecule has 1 aliphatic heterocycles. The SMILES string of the molecule is CCOC(=O)Nc1cccc(N2C=CC=CC(C(=O)OC)=C2C(=O)OC)c1. The fourth-order valence-corrected chi connectivity index (χ4v) is 2.38. The van der Waals surface area contributed by atoms with Crippen molar-refractivity contribution >= 4 is 29.4 Å². The largest absolute Gasteiger partial charge is 0.465 e. The van der Waals surface area contributed by atoms with E-state index < -0.39 is 18.0 Å². The van der Waals surface area contributed by atoms with Gasteiger partial charge in [0.05, 0.1) is 26.4 Å². The lowest BCUT2D eigenvalue weighted by molar-refractivity contribution is -0.139. The summed E-state index contributed by atoms with van der Waals surface area (Å²) in [6, 6.07) is 6.70. The van der Waals surface area contributed by atoms with Crippen LogP contribution in [0.25, 0.3) is 0 Å². The number of carbonyl (C=O) groups is 3. The lowest BCUT2D eigenvalue weighted by atomic mass is 10.1. The van der Waals surface area contributed by atoms with Crippen LogP contribution in [0.1, 0.15) is 6.92 Å². The molecule has 0 unspecified atom stereocenters. The van der Waals surface area contributed by atoms with Gasteiger partial charge in [0, 0.05) is 17.6 Å². The fourth-order valence-electron chi connectivity index (χ4n) is 2.38. The Kier molecular flexibility index (Phi) is 6.76. The Morgan fingerprint density at radius 3 is 2.48 bits per heavy atom. The molecule has 1 aliphatic rings. The first-order valence-corrected chi connectivity index (χ1v) is 8.10. The van der Waals surface area contributed by atoms with Crippen molar-refractivity contribution in [2.24, 2.45) is 0 Å². The minimum Gasteiger partial charge on any atom is -0.465 e. The number of nitrogens with one attached hydrogen (secondary N) is 1. The Bertz CT molecular complexity index is 825. The number of amides is 1. The Morgan fingerprint density at radius 2 is 1.81 bits per heavy atom. The van der Waals surface area contributed by atoms with Gasteiger partial charge in [-0.2, -0.15) is 0 Å². The Morgan fingerprint density at radius 1 is 1.07 bits per heavy atom. The van der Waals surface area contributed by atoms with Gasteiger partial charge in [-0.25, -0.2) is 14.4 Å². The van der Waals surface area contributed by atoms with E-state index >= 15 is 0 Å². The van der Waals surface area contributed by atoms with Crippen molar-refractivity contribution in [1.82, 2.24) is 0 Å². The van der Waals surface area contributed by atoms with Gasteiger partial charge in [-0.1, -0.05) is 12.1 Å². The lowest BCUT2D eigenvalue weighted by Crippen LogP contribution is -2.27. The van der Waals surface area contributed by atoms with E-state index in [0.29, 0.717) is 11.4 Å². The van der Waals surface area contributed by atoms with Crippen LogP contribution in [0, 0.1) is 0 Å². The molecule has 8 nitrogen and oxygen atoms in total. The van der Waals surface area contributed by atoms with Crippen LogP contribution in [-0.2, 0) is 23.8 Å². The summed E-state index contributed by atoms with van der Waals surface area (Å²) in [5.74, 6) is -1.39. The Hall–Kier alpha value is -3.55. The number of nitrogens with zero attached hydrogens (tertiary/aromatic N) is 1. The van der Waals surface area contributed by atoms with Crippen LogP contribution in [0.4, 0.5) is 16.2 Å². The van der Waals surface area contributed by atoms with E-state index in [2.05, 4.69) is 5.32 Å². The van der Waals surface area contributed by atoms with Gasteiger partial charge in [-0.15, -0.1) is 0 Å². The predicted molar refractivity (Wildman–Crippen MR) is 98.9 cm³/mol. The number of rotatable bonds is 5. The first-order chi connectivity index (χ1) is 13.0. The van der Waals surface area contributed by atoms with Crippen molar-refractivity contribution in [2.45, 2.75) is 6.92 Å². The van der Waals surface area contributed by atoms with Crippen LogP contribution >= 0.6 is 0 Å². The van der Waals surface area contributed by atoms with Gasteiger partial charge in [0.25, 0.3) is 0 Å². The minimum atomic E-state index is -0.713. The average molecular weight is 372 g/mol.